The molecule has 2 nitrogen and oxygen atoms in total. The van der Waals surface area contributed by atoms with E-state index in [1.54, 1.807) is 0 Å². The summed E-state index contributed by atoms with van der Waals surface area (Å²) in [5.41, 5.74) is 5.85. The zero-order valence-corrected chi connectivity index (χ0v) is 10.2. The molecule has 1 aromatic carbocycles. The lowest BCUT2D eigenvalue weighted by atomic mass is 10.1. The first-order valence-corrected chi connectivity index (χ1v) is 5.79. The van der Waals surface area contributed by atoms with Crippen molar-refractivity contribution in [2.75, 3.05) is 13.1 Å². The topological polar surface area (TPSA) is 38.0 Å². The molecule has 0 aliphatic heterocycles. The molecule has 0 aliphatic rings. The molecule has 0 aliphatic carbocycles. The monoisotopic (exact) mass is 258 g/mol. The van der Waals surface area contributed by atoms with Gasteiger partial charge in [-0.2, -0.15) is 0 Å². The van der Waals surface area contributed by atoms with Gasteiger partial charge in [-0.1, -0.05) is 12.2 Å². The smallest absolute Gasteiger partial charge is 0.194 e. The molecule has 0 spiro atoms. The second kappa shape index (κ2) is 7.18. The average Bonchev–Trinajstić information content (AvgIpc) is 2.35. The summed E-state index contributed by atoms with van der Waals surface area (Å²) in [6, 6.07) is 1.55. The highest BCUT2D eigenvalue weighted by Gasteiger charge is 2.15. The predicted octanol–water partition coefficient (Wildman–Crippen LogP) is 2.66. The largest absolute Gasteiger partial charge is 0.329 e. The van der Waals surface area contributed by atoms with E-state index in [0.29, 0.717) is 12.1 Å². The Morgan fingerprint density at radius 2 is 1.89 bits per heavy atom. The Morgan fingerprint density at radius 3 is 2.39 bits per heavy atom. The zero-order valence-electron chi connectivity index (χ0n) is 10.2. The average molecular weight is 258 g/mol. The van der Waals surface area contributed by atoms with Crippen LogP contribution in [0.4, 0.5) is 13.2 Å². The van der Waals surface area contributed by atoms with Gasteiger partial charge in [0, 0.05) is 12.6 Å². The second-order valence-corrected chi connectivity index (χ2v) is 3.90. The first-order valence-electron chi connectivity index (χ1n) is 5.79. The number of rotatable bonds is 6. The highest BCUT2D eigenvalue weighted by Crippen LogP contribution is 2.18. The maximum Gasteiger partial charge on any atom is 0.194 e. The van der Waals surface area contributed by atoms with Gasteiger partial charge in [-0.3, -0.25) is 0 Å². The van der Waals surface area contributed by atoms with Crippen LogP contribution < -0.4 is 11.1 Å². The molecular weight excluding hydrogens is 241 g/mol. The van der Waals surface area contributed by atoms with Crippen molar-refractivity contribution < 1.29 is 13.2 Å². The molecule has 1 rings (SSSR count). The van der Waals surface area contributed by atoms with Crippen molar-refractivity contribution in [1.29, 1.82) is 0 Å². The molecule has 0 aromatic heterocycles. The van der Waals surface area contributed by atoms with Gasteiger partial charge in [0.2, 0.25) is 0 Å². The van der Waals surface area contributed by atoms with Gasteiger partial charge in [0.1, 0.15) is 0 Å². The molecule has 0 fully saturated rings. The van der Waals surface area contributed by atoms with E-state index in [9.17, 15) is 13.2 Å². The van der Waals surface area contributed by atoms with E-state index < -0.39 is 17.5 Å². The number of benzene rings is 1. The Kier molecular flexibility index (Phi) is 5.88. The normalized spacial score (nSPS) is 13.2. The lowest BCUT2D eigenvalue weighted by molar-refractivity contribution is 0.440. The molecule has 100 valence electrons. The minimum absolute atomic E-state index is 0.181. The minimum atomic E-state index is -1.46. The van der Waals surface area contributed by atoms with Crippen LogP contribution in [0, 0.1) is 17.5 Å². The number of nitrogens with two attached hydrogens (primary N) is 1. The molecule has 3 N–H and O–H groups in total. The van der Waals surface area contributed by atoms with Gasteiger partial charge in [-0.15, -0.1) is 0 Å². The van der Waals surface area contributed by atoms with Crippen LogP contribution in [-0.4, -0.2) is 13.1 Å². The van der Waals surface area contributed by atoms with Gasteiger partial charge in [0.15, 0.2) is 17.5 Å². The number of nitrogens with one attached hydrogen (secondary N) is 1. The lowest BCUT2D eigenvalue weighted by Gasteiger charge is -2.17. The van der Waals surface area contributed by atoms with E-state index in [-0.39, 0.29) is 12.6 Å². The maximum atomic E-state index is 13.1. The Morgan fingerprint density at radius 1 is 1.28 bits per heavy atom. The first-order chi connectivity index (χ1) is 8.60. The quantitative estimate of drug-likeness (QED) is 0.467. The Hall–Kier alpha value is -1.33. The summed E-state index contributed by atoms with van der Waals surface area (Å²) >= 11 is 0. The summed E-state index contributed by atoms with van der Waals surface area (Å²) in [4.78, 5) is 0. The molecule has 0 saturated carbocycles. The van der Waals surface area contributed by atoms with Crippen molar-refractivity contribution in [2.45, 2.75) is 19.4 Å². The molecule has 1 atom stereocenters. The second-order valence-electron chi connectivity index (χ2n) is 3.90. The van der Waals surface area contributed by atoms with Crippen LogP contribution in [0.1, 0.15) is 24.9 Å². The van der Waals surface area contributed by atoms with E-state index in [1.165, 1.54) is 0 Å². The zero-order chi connectivity index (χ0) is 13.5. The lowest BCUT2D eigenvalue weighted by Crippen LogP contribution is -2.29. The number of halogens is 3. The van der Waals surface area contributed by atoms with Gasteiger partial charge in [-0.05, 0) is 37.6 Å². The fourth-order valence-electron chi connectivity index (χ4n) is 1.62. The van der Waals surface area contributed by atoms with E-state index >= 15 is 0 Å². The molecular formula is C13H17F3N2. The molecule has 0 heterocycles. The van der Waals surface area contributed by atoms with Crippen LogP contribution in [0.2, 0.25) is 0 Å². The Labute approximate surface area is 105 Å². The van der Waals surface area contributed by atoms with E-state index in [4.69, 9.17) is 5.73 Å². The van der Waals surface area contributed by atoms with Crippen LogP contribution in [0.25, 0.3) is 0 Å². The molecule has 18 heavy (non-hydrogen) atoms. The molecule has 0 saturated heterocycles. The number of hydrogen-bond donors (Lipinski definition) is 2. The fraction of sp³-hybridized carbons (Fsp3) is 0.385. The summed E-state index contributed by atoms with van der Waals surface area (Å²) in [5, 5.41) is 3.06. The molecule has 5 heteroatoms. The third kappa shape index (κ3) is 3.85. The van der Waals surface area contributed by atoms with Crippen molar-refractivity contribution in [3.63, 3.8) is 0 Å². The highest BCUT2D eigenvalue weighted by molar-refractivity contribution is 5.23. The van der Waals surface area contributed by atoms with Crippen LogP contribution in [0.15, 0.2) is 24.3 Å². The summed E-state index contributed by atoms with van der Waals surface area (Å²) in [7, 11) is 0. The third-order valence-electron chi connectivity index (χ3n) is 2.58. The van der Waals surface area contributed by atoms with Crippen molar-refractivity contribution >= 4 is 0 Å². The molecule has 1 unspecified atom stereocenters. The van der Waals surface area contributed by atoms with Crippen LogP contribution in [0.5, 0.6) is 0 Å². The SMILES string of the molecule is C/C=C/CCNC(CN)c1cc(F)c(F)c(F)c1. The first kappa shape index (κ1) is 14.7. The van der Waals surface area contributed by atoms with E-state index in [0.717, 1.165) is 18.6 Å². The molecule has 0 amide bonds. The number of hydrogen-bond acceptors (Lipinski definition) is 2. The minimum Gasteiger partial charge on any atom is -0.329 e. The summed E-state index contributed by atoms with van der Waals surface area (Å²) in [5.74, 6) is -3.85. The van der Waals surface area contributed by atoms with E-state index in [1.807, 2.05) is 19.1 Å². The summed E-state index contributed by atoms with van der Waals surface area (Å²) in [6.45, 7) is 2.72. The standard InChI is InChI=1S/C13H17F3N2/c1-2-3-4-5-18-12(8-17)9-6-10(14)13(16)11(15)7-9/h2-3,6-7,12,18H,4-5,8,17H2,1H3/b3-2+. The predicted molar refractivity (Wildman–Crippen MR) is 65.5 cm³/mol. The molecule has 1 aromatic rings. The summed E-state index contributed by atoms with van der Waals surface area (Å²) < 4.78 is 39.0. The van der Waals surface area contributed by atoms with Crippen molar-refractivity contribution in [3.05, 3.63) is 47.3 Å². The Balaban J connectivity index is 2.75. The highest BCUT2D eigenvalue weighted by atomic mass is 19.2. The Bertz CT molecular complexity index is 396. The van der Waals surface area contributed by atoms with Gasteiger partial charge in [0.05, 0.1) is 0 Å². The maximum absolute atomic E-state index is 13.1. The van der Waals surface area contributed by atoms with Gasteiger partial charge in [-0.25, -0.2) is 13.2 Å². The number of allylic oxidation sites excluding steroid dienone is 1. The van der Waals surface area contributed by atoms with Crippen molar-refractivity contribution in [1.82, 2.24) is 5.32 Å². The summed E-state index contributed by atoms with van der Waals surface area (Å²) in [6.07, 6.45) is 4.67. The van der Waals surface area contributed by atoms with Gasteiger partial charge >= 0.3 is 0 Å². The van der Waals surface area contributed by atoms with Crippen molar-refractivity contribution in [2.24, 2.45) is 5.73 Å². The van der Waals surface area contributed by atoms with Crippen LogP contribution in [-0.2, 0) is 0 Å². The molecule has 0 radical (unpaired) electrons. The van der Waals surface area contributed by atoms with Gasteiger partial charge in [0.25, 0.3) is 0 Å². The van der Waals surface area contributed by atoms with Gasteiger partial charge < -0.3 is 11.1 Å². The van der Waals surface area contributed by atoms with Crippen LogP contribution >= 0.6 is 0 Å². The van der Waals surface area contributed by atoms with E-state index in [2.05, 4.69) is 5.32 Å². The molecule has 0 bridgehead atoms. The van der Waals surface area contributed by atoms with Crippen LogP contribution in [0.3, 0.4) is 0 Å². The van der Waals surface area contributed by atoms with Crippen molar-refractivity contribution in [3.8, 4) is 0 Å². The fourth-order valence-corrected chi connectivity index (χ4v) is 1.62. The third-order valence-corrected chi connectivity index (χ3v) is 2.58.